The first kappa shape index (κ1) is 11.0. The highest BCUT2D eigenvalue weighted by molar-refractivity contribution is 4.83. The van der Waals surface area contributed by atoms with Gasteiger partial charge in [-0.15, -0.1) is 0 Å². The van der Waals surface area contributed by atoms with Gasteiger partial charge >= 0.3 is 0 Å². The van der Waals surface area contributed by atoms with E-state index in [1.807, 2.05) is 6.92 Å². The second-order valence-electron chi connectivity index (χ2n) is 5.19. The minimum absolute atomic E-state index is 0.250. The van der Waals surface area contributed by atoms with Crippen LogP contribution in [0.25, 0.3) is 0 Å². The van der Waals surface area contributed by atoms with Gasteiger partial charge in [-0.05, 0) is 38.0 Å². The van der Waals surface area contributed by atoms with Gasteiger partial charge in [-0.2, -0.15) is 0 Å². The fourth-order valence-corrected chi connectivity index (χ4v) is 2.02. The largest absolute Gasteiger partial charge is 0.395 e. The first-order valence-electron chi connectivity index (χ1n) is 5.40. The van der Waals surface area contributed by atoms with E-state index in [0.717, 1.165) is 0 Å². The standard InChI is InChI=1S/C11H23NO/c1-9(8-13)12-10-4-6-11(2,3)7-5-10/h9-10,12-13H,4-8H2,1-3H3/t9-/m0/s1. The third kappa shape index (κ3) is 3.65. The molecule has 0 aromatic carbocycles. The van der Waals surface area contributed by atoms with Crippen LogP contribution in [0.5, 0.6) is 0 Å². The number of rotatable bonds is 3. The summed E-state index contributed by atoms with van der Waals surface area (Å²) in [6.45, 7) is 6.98. The molecule has 13 heavy (non-hydrogen) atoms. The smallest absolute Gasteiger partial charge is 0.0582 e. The summed E-state index contributed by atoms with van der Waals surface area (Å²) in [5.74, 6) is 0. The molecule has 0 bridgehead atoms. The van der Waals surface area contributed by atoms with Crippen LogP contribution in [0.2, 0.25) is 0 Å². The van der Waals surface area contributed by atoms with Crippen LogP contribution in [0.3, 0.4) is 0 Å². The summed E-state index contributed by atoms with van der Waals surface area (Å²) in [6.07, 6.45) is 5.14. The molecule has 1 aliphatic rings. The number of hydrogen-bond acceptors (Lipinski definition) is 2. The Balaban J connectivity index is 2.25. The SMILES string of the molecule is C[C@@H](CO)NC1CCC(C)(C)CC1. The van der Waals surface area contributed by atoms with Crippen molar-refractivity contribution in [2.24, 2.45) is 5.41 Å². The molecule has 1 fully saturated rings. The van der Waals surface area contributed by atoms with Crippen molar-refractivity contribution < 1.29 is 5.11 Å². The van der Waals surface area contributed by atoms with Gasteiger partial charge in [-0.1, -0.05) is 13.8 Å². The molecule has 0 aliphatic heterocycles. The molecule has 1 atom stereocenters. The van der Waals surface area contributed by atoms with E-state index in [1.165, 1.54) is 25.7 Å². The average Bonchev–Trinajstić information content (AvgIpc) is 2.08. The van der Waals surface area contributed by atoms with E-state index in [0.29, 0.717) is 11.5 Å². The van der Waals surface area contributed by atoms with Crippen LogP contribution in [0.15, 0.2) is 0 Å². The zero-order valence-electron chi connectivity index (χ0n) is 9.14. The van der Waals surface area contributed by atoms with Crippen molar-refractivity contribution in [3.63, 3.8) is 0 Å². The van der Waals surface area contributed by atoms with Gasteiger partial charge in [0.1, 0.15) is 0 Å². The molecular weight excluding hydrogens is 162 g/mol. The minimum Gasteiger partial charge on any atom is -0.395 e. The summed E-state index contributed by atoms with van der Waals surface area (Å²) < 4.78 is 0. The van der Waals surface area contributed by atoms with Gasteiger partial charge in [0.15, 0.2) is 0 Å². The van der Waals surface area contributed by atoms with E-state index in [4.69, 9.17) is 5.11 Å². The molecule has 0 aromatic heterocycles. The lowest BCUT2D eigenvalue weighted by Gasteiger charge is -2.35. The van der Waals surface area contributed by atoms with Crippen molar-refractivity contribution in [2.75, 3.05) is 6.61 Å². The number of nitrogens with one attached hydrogen (secondary N) is 1. The van der Waals surface area contributed by atoms with Gasteiger partial charge in [-0.3, -0.25) is 0 Å². The molecule has 78 valence electrons. The quantitative estimate of drug-likeness (QED) is 0.704. The molecule has 1 saturated carbocycles. The summed E-state index contributed by atoms with van der Waals surface area (Å²) in [4.78, 5) is 0. The molecule has 0 saturated heterocycles. The molecule has 0 aromatic rings. The Morgan fingerprint density at radius 1 is 1.38 bits per heavy atom. The Bertz CT molecular complexity index is 146. The Kier molecular flexibility index (Phi) is 3.74. The number of aliphatic hydroxyl groups is 1. The Hall–Kier alpha value is -0.0800. The van der Waals surface area contributed by atoms with Gasteiger partial charge in [-0.25, -0.2) is 0 Å². The Morgan fingerprint density at radius 3 is 2.38 bits per heavy atom. The molecule has 0 spiro atoms. The summed E-state index contributed by atoms with van der Waals surface area (Å²) in [5, 5.41) is 12.4. The Labute approximate surface area is 81.7 Å². The van der Waals surface area contributed by atoms with Crippen molar-refractivity contribution in [3.8, 4) is 0 Å². The maximum Gasteiger partial charge on any atom is 0.0582 e. The fraction of sp³-hybridized carbons (Fsp3) is 1.00. The van der Waals surface area contributed by atoms with Crippen LogP contribution in [0.4, 0.5) is 0 Å². The lowest BCUT2D eigenvalue weighted by atomic mass is 9.75. The topological polar surface area (TPSA) is 32.3 Å². The molecular formula is C11H23NO. The highest BCUT2D eigenvalue weighted by atomic mass is 16.3. The number of hydrogen-bond donors (Lipinski definition) is 2. The average molecular weight is 185 g/mol. The van der Waals surface area contributed by atoms with Gasteiger partial charge in [0.2, 0.25) is 0 Å². The number of aliphatic hydroxyl groups excluding tert-OH is 1. The summed E-state index contributed by atoms with van der Waals surface area (Å²) in [6, 6.07) is 0.890. The third-order valence-electron chi connectivity index (χ3n) is 3.13. The van der Waals surface area contributed by atoms with Crippen LogP contribution < -0.4 is 5.32 Å². The molecule has 0 amide bonds. The van der Waals surface area contributed by atoms with Gasteiger partial charge in [0, 0.05) is 12.1 Å². The second-order valence-corrected chi connectivity index (χ2v) is 5.19. The van der Waals surface area contributed by atoms with E-state index in [9.17, 15) is 0 Å². The normalized spacial score (nSPS) is 25.8. The van der Waals surface area contributed by atoms with Crippen LogP contribution in [-0.4, -0.2) is 23.8 Å². The van der Waals surface area contributed by atoms with Crippen molar-refractivity contribution in [3.05, 3.63) is 0 Å². The highest BCUT2D eigenvalue weighted by Crippen LogP contribution is 2.34. The highest BCUT2D eigenvalue weighted by Gasteiger charge is 2.26. The van der Waals surface area contributed by atoms with Crippen molar-refractivity contribution in [1.29, 1.82) is 0 Å². The van der Waals surface area contributed by atoms with Crippen molar-refractivity contribution in [1.82, 2.24) is 5.32 Å². The van der Waals surface area contributed by atoms with E-state index in [2.05, 4.69) is 19.2 Å². The summed E-state index contributed by atoms with van der Waals surface area (Å²) in [5.41, 5.74) is 0.542. The third-order valence-corrected chi connectivity index (χ3v) is 3.13. The van der Waals surface area contributed by atoms with Crippen LogP contribution >= 0.6 is 0 Å². The molecule has 2 N–H and O–H groups in total. The first-order valence-corrected chi connectivity index (χ1v) is 5.40. The predicted octanol–water partition coefficient (Wildman–Crippen LogP) is 1.93. The van der Waals surface area contributed by atoms with E-state index >= 15 is 0 Å². The zero-order chi connectivity index (χ0) is 9.90. The van der Waals surface area contributed by atoms with E-state index < -0.39 is 0 Å². The molecule has 0 heterocycles. The molecule has 1 rings (SSSR count). The van der Waals surface area contributed by atoms with E-state index in [-0.39, 0.29) is 12.6 Å². The van der Waals surface area contributed by atoms with Gasteiger partial charge in [0.25, 0.3) is 0 Å². The lowest BCUT2D eigenvalue weighted by Crippen LogP contribution is -2.41. The first-order chi connectivity index (χ1) is 6.03. The van der Waals surface area contributed by atoms with Crippen LogP contribution in [0.1, 0.15) is 46.5 Å². The Morgan fingerprint density at radius 2 is 1.92 bits per heavy atom. The van der Waals surface area contributed by atoms with E-state index in [1.54, 1.807) is 0 Å². The van der Waals surface area contributed by atoms with Gasteiger partial charge < -0.3 is 10.4 Å². The van der Waals surface area contributed by atoms with Crippen molar-refractivity contribution >= 4 is 0 Å². The van der Waals surface area contributed by atoms with Crippen LogP contribution in [-0.2, 0) is 0 Å². The maximum absolute atomic E-state index is 8.91. The van der Waals surface area contributed by atoms with Gasteiger partial charge in [0.05, 0.1) is 6.61 Å². The maximum atomic E-state index is 8.91. The second kappa shape index (κ2) is 4.43. The van der Waals surface area contributed by atoms with Crippen molar-refractivity contribution in [2.45, 2.75) is 58.5 Å². The molecule has 2 heteroatoms. The minimum atomic E-state index is 0.250. The molecule has 0 radical (unpaired) electrons. The summed E-state index contributed by atoms with van der Waals surface area (Å²) >= 11 is 0. The fourth-order valence-electron chi connectivity index (χ4n) is 2.02. The monoisotopic (exact) mass is 185 g/mol. The summed E-state index contributed by atoms with van der Waals surface area (Å²) in [7, 11) is 0. The van der Waals surface area contributed by atoms with Crippen LogP contribution in [0, 0.1) is 5.41 Å². The lowest BCUT2D eigenvalue weighted by molar-refractivity contribution is 0.179. The zero-order valence-corrected chi connectivity index (χ0v) is 9.14. The molecule has 2 nitrogen and oxygen atoms in total. The predicted molar refractivity (Wildman–Crippen MR) is 55.7 cm³/mol. The molecule has 0 unspecified atom stereocenters. The molecule has 1 aliphatic carbocycles.